The SMILES string of the molecule is Cc1cc(C(=O)O[C@@H](C)C(=O)N2CCCC2)c2ccccc2n1. The van der Waals surface area contributed by atoms with E-state index in [0.29, 0.717) is 5.56 Å². The standard InChI is InChI=1S/C18H20N2O3/c1-12-11-15(14-7-3-4-8-16(14)19-12)18(22)23-13(2)17(21)20-9-5-6-10-20/h3-4,7-8,11,13H,5-6,9-10H2,1-2H3/t13-/m0/s1. The van der Waals surface area contributed by atoms with Gasteiger partial charge in [-0.3, -0.25) is 9.78 Å². The van der Waals surface area contributed by atoms with Crippen molar-refractivity contribution in [1.29, 1.82) is 0 Å². The number of ether oxygens (including phenoxy) is 1. The van der Waals surface area contributed by atoms with Crippen molar-refractivity contribution in [3.63, 3.8) is 0 Å². The van der Waals surface area contributed by atoms with Crippen molar-refractivity contribution in [3.8, 4) is 0 Å². The van der Waals surface area contributed by atoms with Crippen LogP contribution in [0.1, 0.15) is 35.8 Å². The van der Waals surface area contributed by atoms with Crippen molar-refractivity contribution in [3.05, 3.63) is 41.6 Å². The Labute approximate surface area is 135 Å². The zero-order valence-electron chi connectivity index (χ0n) is 13.4. The Morgan fingerprint density at radius 1 is 1.22 bits per heavy atom. The van der Waals surface area contributed by atoms with Gasteiger partial charge in [0.1, 0.15) is 0 Å². The molecule has 5 heteroatoms. The van der Waals surface area contributed by atoms with Gasteiger partial charge >= 0.3 is 5.97 Å². The summed E-state index contributed by atoms with van der Waals surface area (Å²) in [4.78, 5) is 31.0. The molecule has 0 unspecified atom stereocenters. The van der Waals surface area contributed by atoms with E-state index in [1.807, 2.05) is 31.2 Å². The molecule has 0 aliphatic carbocycles. The van der Waals surface area contributed by atoms with Crippen molar-refractivity contribution < 1.29 is 14.3 Å². The minimum atomic E-state index is -0.771. The summed E-state index contributed by atoms with van der Waals surface area (Å²) in [5.41, 5.74) is 1.95. The summed E-state index contributed by atoms with van der Waals surface area (Å²) in [6.07, 6.45) is 1.26. The van der Waals surface area contributed by atoms with E-state index >= 15 is 0 Å². The van der Waals surface area contributed by atoms with Gasteiger partial charge in [-0.05, 0) is 38.8 Å². The topological polar surface area (TPSA) is 59.5 Å². The number of benzene rings is 1. The fourth-order valence-corrected chi connectivity index (χ4v) is 2.95. The van der Waals surface area contributed by atoms with E-state index in [9.17, 15) is 9.59 Å². The van der Waals surface area contributed by atoms with E-state index in [4.69, 9.17) is 4.74 Å². The molecule has 1 aliphatic rings. The molecule has 1 amide bonds. The molecule has 0 radical (unpaired) electrons. The van der Waals surface area contributed by atoms with Crippen LogP contribution in [0.15, 0.2) is 30.3 Å². The molecule has 23 heavy (non-hydrogen) atoms. The quantitative estimate of drug-likeness (QED) is 0.818. The van der Waals surface area contributed by atoms with Gasteiger partial charge in [0.05, 0.1) is 11.1 Å². The summed E-state index contributed by atoms with van der Waals surface area (Å²) in [6.45, 7) is 4.97. The lowest BCUT2D eigenvalue weighted by molar-refractivity contribution is -0.138. The van der Waals surface area contributed by atoms with E-state index in [1.165, 1.54) is 0 Å². The molecule has 0 spiro atoms. The predicted octanol–water partition coefficient (Wildman–Crippen LogP) is 2.71. The molecule has 3 rings (SSSR count). The largest absolute Gasteiger partial charge is 0.449 e. The van der Waals surface area contributed by atoms with Gasteiger partial charge in [-0.15, -0.1) is 0 Å². The molecular weight excluding hydrogens is 292 g/mol. The number of aryl methyl sites for hydroxylation is 1. The highest BCUT2D eigenvalue weighted by Crippen LogP contribution is 2.20. The van der Waals surface area contributed by atoms with Crippen molar-refractivity contribution in [2.45, 2.75) is 32.8 Å². The molecule has 0 saturated carbocycles. The van der Waals surface area contributed by atoms with E-state index in [2.05, 4.69) is 4.98 Å². The number of fused-ring (bicyclic) bond motifs is 1. The van der Waals surface area contributed by atoms with Crippen molar-refractivity contribution in [2.75, 3.05) is 13.1 Å². The molecule has 0 bridgehead atoms. The number of amides is 1. The number of hydrogen-bond acceptors (Lipinski definition) is 4. The second-order valence-corrected chi connectivity index (χ2v) is 5.91. The third kappa shape index (κ3) is 3.18. The summed E-state index contributed by atoms with van der Waals surface area (Å²) in [5, 5.41) is 0.740. The van der Waals surface area contributed by atoms with Crippen molar-refractivity contribution in [2.24, 2.45) is 0 Å². The van der Waals surface area contributed by atoms with Crippen molar-refractivity contribution in [1.82, 2.24) is 9.88 Å². The van der Waals surface area contributed by atoms with Crippen LogP contribution in [0.4, 0.5) is 0 Å². The molecule has 1 aromatic heterocycles. The molecule has 1 saturated heterocycles. The molecule has 5 nitrogen and oxygen atoms in total. The lowest BCUT2D eigenvalue weighted by atomic mass is 10.1. The Kier molecular flexibility index (Phi) is 4.28. The summed E-state index contributed by atoms with van der Waals surface area (Å²) in [6, 6.07) is 9.14. The number of aromatic nitrogens is 1. The van der Waals surface area contributed by atoms with E-state index in [0.717, 1.165) is 42.5 Å². The number of rotatable bonds is 3. The molecule has 1 atom stereocenters. The van der Waals surface area contributed by atoms with Gasteiger partial charge in [0.15, 0.2) is 6.10 Å². The van der Waals surface area contributed by atoms with Gasteiger partial charge in [0.2, 0.25) is 0 Å². The molecule has 120 valence electrons. The Hall–Kier alpha value is -2.43. The molecule has 0 N–H and O–H groups in total. The average Bonchev–Trinajstić information content (AvgIpc) is 3.07. The first-order valence-corrected chi connectivity index (χ1v) is 7.92. The number of carbonyl (C=O) groups excluding carboxylic acids is 2. The number of para-hydroxylation sites is 1. The molecular formula is C18H20N2O3. The highest BCUT2D eigenvalue weighted by atomic mass is 16.5. The maximum atomic E-state index is 12.5. The van der Waals surface area contributed by atoms with Crippen LogP contribution in [0.2, 0.25) is 0 Å². The van der Waals surface area contributed by atoms with Crippen LogP contribution in [0.3, 0.4) is 0 Å². The lowest BCUT2D eigenvalue weighted by Gasteiger charge is -2.20. The van der Waals surface area contributed by atoms with Gasteiger partial charge in [-0.25, -0.2) is 4.79 Å². The number of carbonyl (C=O) groups is 2. The molecule has 2 heterocycles. The average molecular weight is 312 g/mol. The number of pyridine rings is 1. The first-order valence-electron chi connectivity index (χ1n) is 7.92. The Morgan fingerprint density at radius 3 is 2.65 bits per heavy atom. The maximum absolute atomic E-state index is 12.5. The smallest absolute Gasteiger partial charge is 0.339 e. The summed E-state index contributed by atoms with van der Waals surface area (Å²) < 4.78 is 5.42. The second-order valence-electron chi connectivity index (χ2n) is 5.91. The summed E-state index contributed by atoms with van der Waals surface area (Å²) in [7, 11) is 0. The fourth-order valence-electron chi connectivity index (χ4n) is 2.95. The number of hydrogen-bond donors (Lipinski definition) is 0. The first-order chi connectivity index (χ1) is 11.1. The molecule has 1 fully saturated rings. The van der Waals surface area contributed by atoms with E-state index in [-0.39, 0.29) is 5.91 Å². The van der Waals surface area contributed by atoms with Gasteiger partial charge < -0.3 is 9.64 Å². The monoisotopic (exact) mass is 312 g/mol. The van der Waals surface area contributed by atoms with Crippen LogP contribution in [-0.4, -0.2) is 41.0 Å². The normalized spacial score (nSPS) is 15.7. The van der Waals surface area contributed by atoms with Crippen LogP contribution in [0.25, 0.3) is 10.9 Å². The first kappa shape index (κ1) is 15.5. The maximum Gasteiger partial charge on any atom is 0.339 e. The molecule has 2 aromatic rings. The highest BCUT2D eigenvalue weighted by Gasteiger charge is 2.26. The third-order valence-corrected chi connectivity index (χ3v) is 4.11. The summed E-state index contributed by atoms with van der Waals surface area (Å²) in [5.74, 6) is -0.599. The van der Waals surface area contributed by atoms with Crippen molar-refractivity contribution >= 4 is 22.8 Å². The zero-order chi connectivity index (χ0) is 16.4. The molecule has 1 aromatic carbocycles. The van der Waals surface area contributed by atoms with Crippen LogP contribution in [-0.2, 0) is 9.53 Å². The number of nitrogens with zero attached hydrogens (tertiary/aromatic N) is 2. The van der Waals surface area contributed by atoms with Gasteiger partial charge in [0.25, 0.3) is 5.91 Å². The van der Waals surface area contributed by atoms with Crippen LogP contribution < -0.4 is 0 Å². The Balaban J connectivity index is 1.81. The zero-order valence-corrected chi connectivity index (χ0v) is 13.4. The Morgan fingerprint density at radius 2 is 1.91 bits per heavy atom. The predicted molar refractivity (Wildman–Crippen MR) is 87.2 cm³/mol. The van der Waals surface area contributed by atoms with Crippen LogP contribution in [0.5, 0.6) is 0 Å². The lowest BCUT2D eigenvalue weighted by Crippen LogP contribution is -2.38. The second kappa shape index (κ2) is 6.36. The summed E-state index contributed by atoms with van der Waals surface area (Å²) >= 11 is 0. The minimum absolute atomic E-state index is 0.120. The van der Waals surface area contributed by atoms with E-state index in [1.54, 1.807) is 17.9 Å². The van der Waals surface area contributed by atoms with Gasteiger partial charge in [-0.1, -0.05) is 18.2 Å². The third-order valence-electron chi connectivity index (χ3n) is 4.11. The van der Waals surface area contributed by atoms with Gasteiger partial charge in [0, 0.05) is 24.2 Å². The number of esters is 1. The minimum Gasteiger partial charge on any atom is -0.449 e. The van der Waals surface area contributed by atoms with Crippen LogP contribution in [0, 0.1) is 6.92 Å². The number of likely N-dealkylation sites (tertiary alicyclic amines) is 1. The van der Waals surface area contributed by atoms with Crippen LogP contribution >= 0.6 is 0 Å². The Bertz CT molecular complexity index is 751. The highest BCUT2D eigenvalue weighted by molar-refractivity contribution is 6.04. The van der Waals surface area contributed by atoms with Gasteiger partial charge in [-0.2, -0.15) is 0 Å². The van der Waals surface area contributed by atoms with E-state index < -0.39 is 12.1 Å². The molecule has 1 aliphatic heterocycles. The fraction of sp³-hybridized carbons (Fsp3) is 0.389.